The Morgan fingerprint density at radius 1 is 0.686 bits per heavy atom. The highest BCUT2D eigenvalue weighted by Crippen LogP contribution is 2.26. The number of carbonyl (C=O) groups is 4. The minimum absolute atomic E-state index is 0.0585. The second kappa shape index (κ2) is 9.45. The molecular weight excluding hydrogens is 444 g/mol. The molecule has 2 aromatic rings. The lowest BCUT2D eigenvalue weighted by molar-refractivity contribution is -0.140. The molecule has 0 unspecified atom stereocenters. The summed E-state index contributed by atoms with van der Waals surface area (Å²) in [7, 11) is 0. The second-order valence-electron chi connectivity index (χ2n) is 9.81. The fraction of sp³-hybridized carbons (Fsp3) is 0.310. The zero-order valence-electron chi connectivity index (χ0n) is 20.6. The minimum atomic E-state index is -0.540. The van der Waals surface area contributed by atoms with Crippen molar-refractivity contribution in [3.05, 3.63) is 68.9 Å². The molecule has 0 bridgehead atoms. The van der Waals surface area contributed by atoms with Gasteiger partial charge in [0.15, 0.2) is 11.5 Å². The molecule has 0 spiro atoms. The van der Waals surface area contributed by atoms with E-state index < -0.39 is 23.5 Å². The molecule has 0 aliphatic heterocycles. The Hall–Kier alpha value is -3.80. The first-order chi connectivity index (χ1) is 16.6. The summed E-state index contributed by atoms with van der Waals surface area (Å²) in [4.78, 5) is 52.6. The maximum absolute atomic E-state index is 13.8. The topological polar surface area (TPSA) is 86.7 Å². The van der Waals surface area contributed by atoms with Crippen molar-refractivity contribution in [2.45, 2.75) is 47.5 Å². The lowest BCUT2D eigenvalue weighted by Crippen LogP contribution is -2.48. The van der Waals surface area contributed by atoms with Crippen molar-refractivity contribution in [1.29, 1.82) is 0 Å². The molecule has 0 amide bonds. The van der Waals surface area contributed by atoms with Crippen LogP contribution in [0, 0.1) is 18.8 Å². The molecule has 0 fully saturated rings. The molecule has 2 aliphatic rings. The summed E-state index contributed by atoms with van der Waals surface area (Å²) in [5.74, 6) is -2.16. The van der Waals surface area contributed by atoms with Gasteiger partial charge in [0.1, 0.15) is 0 Å². The van der Waals surface area contributed by atoms with E-state index in [0.717, 1.165) is 5.56 Å². The monoisotopic (exact) mass is 472 g/mol. The van der Waals surface area contributed by atoms with Crippen LogP contribution < -0.4 is 20.9 Å². The zero-order chi connectivity index (χ0) is 25.4. The Kier molecular flexibility index (Phi) is 6.57. The molecule has 0 radical (unpaired) electrons. The van der Waals surface area contributed by atoms with Crippen molar-refractivity contribution < 1.29 is 28.7 Å². The number of ether oxygens (including phenoxy) is 2. The number of benzene rings is 2. The van der Waals surface area contributed by atoms with Crippen molar-refractivity contribution in [3.8, 4) is 0 Å². The van der Waals surface area contributed by atoms with Crippen LogP contribution in [-0.4, -0.2) is 23.5 Å². The second-order valence-corrected chi connectivity index (χ2v) is 9.81. The Balaban J connectivity index is 2.04. The van der Waals surface area contributed by atoms with E-state index >= 15 is 0 Å². The van der Waals surface area contributed by atoms with Crippen molar-refractivity contribution in [2.75, 3.05) is 0 Å². The average Bonchev–Trinajstić information content (AvgIpc) is 2.77. The molecule has 6 nitrogen and oxygen atoms in total. The molecule has 0 saturated carbocycles. The van der Waals surface area contributed by atoms with E-state index in [1.165, 1.54) is 0 Å². The van der Waals surface area contributed by atoms with Gasteiger partial charge in [-0.25, -0.2) is 0 Å². The smallest absolute Gasteiger partial charge is 0.311 e. The normalized spacial score (nSPS) is 14.7. The van der Waals surface area contributed by atoms with Crippen molar-refractivity contribution in [1.82, 2.24) is 0 Å². The van der Waals surface area contributed by atoms with E-state index in [9.17, 15) is 19.2 Å². The van der Waals surface area contributed by atoms with Gasteiger partial charge in [-0.1, -0.05) is 69.7 Å². The number of Topliss-reactive ketones (excluding diaryl/α,β-unsaturated/α-hetero) is 2. The molecule has 6 heteroatoms. The molecule has 35 heavy (non-hydrogen) atoms. The van der Waals surface area contributed by atoms with Gasteiger partial charge in [0.05, 0.1) is 0 Å². The predicted octanol–water partition coefficient (Wildman–Crippen LogP) is 1.56. The van der Waals surface area contributed by atoms with Crippen molar-refractivity contribution in [2.24, 2.45) is 11.8 Å². The highest BCUT2D eigenvalue weighted by atomic mass is 16.5. The summed E-state index contributed by atoms with van der Waals surface area (Å²) < 4.78 is 11.2. The van der Waals surface area contributed by atoms with Gasteiger partial charge in [-0.3, -0.25) is 19.2 Å². The largest absolute Gasteiger partial charge is 0.422 e. The van der Waals surface area contributed by atoms with Gasteiger partial charge >= 0.3 is 11.9 Å². The number of esters is 2. The van der Waals surface area contributed by atoms with Crippen LogP contribution in [0.5, 0.6) is 0 Å². The van der Waals surface area contributed by atoms with E-state index in [1.807, 2.05) is 40.7 Å². The number of fused-ring (bicyclic) bond motifs is 3. The van der Waals surface area contributed by atoms with Crippen LogP contribution in [0.25, 0.3) is 22.7 Å². The molecule has 2 aliphatic carbocycles. The SMILES string of the molecule is Cc1ccc2c(c1)=C(OC(=O)CC(C)C)C(=O)C1=c3ccccc3=C(OC(=O)CC(C)C)C(=O)C=21. The van der Waals surface area contributed by atoms with Crippen molar-refractivity contribution >= 4 is 46.2 Å². The highest BCUT2D eigenvalue weighted by Gasteiger charge is 2.37. The Labute approximate surface area is 203 Å². The van der Waals surface area contributed by atoms with E-state index in [4.69, 9.17) is 9.47 Å². The number of aryl methyl sites for hydroxylation is 1. The third-order valence-electron chi connectivity index (χ3n) is 5.83. The maximum Gasteiger partial charge on any atom is 0.311 e. The van der Waals surface area contributed by atoms with Crippen molar-refractivity contribution in [3.63, 3.8) is 0 Å². The van der Waals surface area contributed by atoms with Gasteiger partial charge in [0, 0.05) is 34.4 Å². The average molecular weight is 473 g/mol. The third-order valence-corrected chi connectivity index (χ3v) is 5.83. The summed E-state index contributed by atoms with van der Waals surface area (Å²) in [5, 5.41) is 1.68. The quantitative estimate of drug-likeness (QED) is 0.593. The summed E-state index contributed by atoms with van der Waals surface area (Å²) in [5.41, 5.74) is 1.15. The van der Waals surface area contributed by atoms with E-state index in [1.54, 1.807) is 36.4 Å². The minimum Gasteiger partial charge on any atom is -0.422 e. The van der Waals surface area contributed by atoms with Crippen LogP contribution >= 0.6 is 0 Å². The molecule has 0 heterocycles. The number of ketones is 2. The first-order valence-electron chi connectivity index (χ1n) is 11.8. The van der Waals surface area contributed by atoms with Crippen LogP contribution in [0.4, 0.5) is 0 Å². The van der Waals surface area contributed by atoms with Gasteiger partial charge in [-0.2, -0.15) is 0 Å². The van der Waals surface area contributed by atoms with E-state index in [2.05, 4.69) is 0 Å². The van der Waals surface area contributed by atoms with Crippen LogP contribution in [-0.2, 0) is 28.7 Å². The summed E-state index contributed by atoms with van der Waals surface area (Å²) in [6.45, 7) is 9.41. The van der Waals surface area contributed by atoms with Gasteiger partial charge in [-0.15, -0.1) is 0 Å². The molecule has 0 atom stereocenters. The van der Waals surface area contributed by atoms with Gasteiger partial charge in [0.2, 0.25) is 11.6 Å². The van der Waals surface area contributed by atoms with Gasteiger partial charge in [-0.05, 0) is 35.3 Å². The number of hydrogen-bond acceptors (Lipinski definition) is 6. The fourth-order valence-electron chi connectivity index (χ4n) is 4.36. The molecule has 0 aromatic heterocycles. The first-order valence-corrected chi connectivity index (χ1v) is 11.8. The Bertz CT molecular complexity index is 1520. The first kappa shape index (κ1) is 24.3. The highest BCUT2D eigenvalue weighted by molar-refractivity contribution is 6.58. The molecule has 2 aromatic carbocycles. The van der Waals surface area contributed by atoms with Crippen LogP contribution in [0.2, 0.25) is 0 Å². The molecule has 180 valence electrons. The Morgan fingerprint density at radius 2 is 1.14 bits per heavy atom. The molecule has 0 N–H and O–H groups in total. The number of rotatable bonds is 6. The standard InChI is InChI=1S/C29H28O6/c1-15(2)12-22(30)34-28-20-9-7-6-8-18(20)24-25(26(28)32)19-11-10-17(5)14-21(19)29(27(24)33)35-23(31)13-16(3)4/h6-11,14-16H,12-13H2,1-5H3. The van der Waals surface area contributed by atoms with Crippen LogP contribution in [0.15, 0.2) is 42.5 Å². The third kappa shape index (κ3) is 4.61. The van der Waals surface area contributed by atoms with Gasteiger partial charge < -0.3 is 9.47 Å². The molecular formula is C29H28O6. The van der Waals surface area contributed by atoms with E-state index in [0.29, 0.717) is 20.9 Å². The lowest BCUT2D eigenvalue weighted by Gasteiger charge is -2.23. The zero-order valence-corrected chi connectivity index (χ0v) is 20.6. The Morgan fingerprint density at radius 3 is 1.66 bits per heavy atom. The predicted molar refractivity (Wildman–Crippen MR) is 131 cm³/mol. The van der Waals surface area contributed by atoms with Crippen LogP contribution in [0.1, 0.15) is 46.1 Å². The molecule has 0 saturated heterocycles. The van der Waals surface area contributed by atoms with E-state index in [-0.39, 0.29) is 47.3 Å². The summed E-state index contributed by atoms with van der Waals surface area (Å²) in [6.07, 6.45) is 0.312. The summed E-state index contributed by atoms with van der Waals surface area (Å²) in [6, 6.07) is 12.1. The van der Waals surface area contributed by atoms with Gasteiger partial charge in [0.25, 0.3) is 0 Å². The lowest BCUT2D eigenvalue weighted by atomic mass is 9.83. The number of hydrogen-bond donors (Lipinski definition) is 0. The molecule has 4 rings (SSSR count). The summed E-state index contributed by atoms with van der Waals surface area (Å²) >= 11 is 0. The maximum atomic E-state index is 13.8. The fourth-order valence-corrected chi connectivity index (χ4v) is 4.36. The number of carbonyl (C=O) groups excluding carboxylic acids is 4. The van der Waals surface area contributed by atoms with Crippen LogP contribution in [0.3, 0.4) is 0 Å².